The number of rotatable bonds is 10. The summed E-state index contributed by atoms with van der Waals surface area (Å²) in [6.45, 7) is 5.05. The van der Waals surface area contributed by atoms with Gasteiger partial charge in [0.2, 0.25) is 0 Å². The Kier molecular flexibility index (Phi) is 8.85. The van der Waals surface area contributed by atoms with Crippen molar-refractivity contribution in [2.75, 3.05) is 34.0 Å². The summed E-state index contributed by atoms with van der Waals surface area (Å²) in [5.41, 5.74) is 1.14. The normalized spacial score (nSPS) is 12.4. The van der Waals surface area contributed by atoms with Gasteiger partial charge in [0, 0.05) is 50.4 Å². The molecule has 5 heteroatoms. The van der Waals surface area contributed by atoms with Crippen molar-refractivity contribution in [3.05, 3.63) is 28.2 Å². The molecule has 0 spiro atoms. The lowest BCUT2D eigenvalue weighted by Crippen LogP contribution is -2.20. The van der Waals surface area contributed by atoms with Gasteiger partial charge in [0.15, 0.2) is 0 Å². The van der Waals surface area contributed by atoms with Crippen LogP contribution in [0.25, 0.3) is 0 Å². The minimum absolute atomic E-state index is 0.133. The van der Waals surface area contributed by atoms with Crippen molar-refractivity contribution in [3.63, 3.8) is 0 Å². The molecule has 0 heterocycles. The zero-order chi connectivity index (χ0) is 14.8. The fourth-order valence-corrected chi connectivity index (χ4v) is 2.17. The molecular formula is C15H24BrNO3. The van der Waals surface area contributed by atoms with Crippen molar-refractivity contribution in [1.82, 2.24) is 5.32 Å². The van der Waals surface area contributed by atoms with E-state index in [1.165, 1.54) is 0 Å². The molecule has 0 aromatic heterocycles. The van der Waals surface area contributed by atoms with Crippen molar-refractivity contribution in [1.29, 1.82) is 0 Å². The lowest BCUT2D eigenvalue weighted by molar-refractivity contribution is 0.134. The van der Waals surface area contributed by atoms with Crippen LogP contribution in [-0.2, 0) is 16.0 Å². The third-order valence-corrected chi connectivity index (χ3v) is 3.37. The highest BCUT2D eigenvalue weighted by Gasteiger charge is 2.09. The van der Waals surface area contributed by atoms with E-state index in [4.69, 9.17) is 14.2 Å². The average Bonchev–Trinajstić information content (AvgIpc) is 2.44. The van der Waals surface area contributed by atoms with Crippen LogP contribution < -0.4 is 10.1 Å². The smallest absolute Gasteiger partial charge is 0.124 e. The zero-order valence-electron chi connectivity index (χ0n) is 12.4. The Morgan fingerprint density at radius 1 is 1.20 bits per heavy atom. The van der Waals surface area contributed by atoms with Gasteiger partial charge in [-0.3, -0.25) is 0 Å². The maximum Gasteiger partial charge on any atom is 0.124 e. The molecule has 0 aliphatic rings. The van der Waals surface area contributed by atoms with Gasteiger partial charge in [0.05, 0.1) is 12.7 Å². The molecule has 1 unspecified atom stereocenters. The fraction of sp³-hybridized carbons (Fsp3) is 0.600. The minimum atomic E-state index is 0.133. The average molecular weight is 346 g/mol. The number of hydrogen-bond donors (Lipinski definition) is 1. The van der Waals surface area contributed by atoms with Crippen LogP contribution in [0.3, 0.4) is 0 Å². The molecule has 0 aliphatic heterocycles. The Bertz CT molecular complexity index is 387. The van der Waals surface area contributed by atoms with Gasteiger partial charge in [-0.2, -0.15) is 0 Å². The second-order valence-electron chi connectivity index (χ2n) is 4.63. The topological polar surface area (TPSA) is 39.7 Å². The van der Waals surface area contributed by atoms with E-state index in [1.54, 1.807) is 14.2 Å². The van der Waals surface area contributed by atoms with Crippen LogP contribution in [0.2, 0.25) is 0 Å². The van der Waals surface area contributed by atoms with Crippen LogP contribution in [0.4, 0.5) is 0 Å². The summed E-state index contributed by atoms with van der Waals surface area (Å²) in [5.74, 6) is 0.918. The van der Waals surface area contributed by atoms with Crippen molar-refractivity contribution in [2.45, 2.75) is 26.0 Å². The van der Waals surface area contributed by atoms with E-state index in [2.05, 4.69) is 34.2 Å². The van der Waals surface area contributed by atoms with Crippen LogP contribution in [0.5, 0.6) is 5.75 Å². The molecule has 20 heavy (non-hydrogen) atoms. The molecule has 0 amide bonds. The summed E-state index contributed by atoms with van der Waals surface area (Å²) in [7, 11) is 3.41. The fourth-order valence-electron chi connectivity index (χ4n) is 1.76. The SMILES string of the molecule is COCCNCc1cc(Br)ccc1OC(C)CCOC. The molecule has 0 saturated carbocycles. The zero-order valence-corrected chi connectivity index (χ0v) is 14.0. The van der Waals surface area contributed by atoms with Crippen LogP contribution >= 0.6 is 15.9 Å². The summed E-state index contributed by atoms with van der Waals surface area (Å²) < 4.78 is 17.1. The summed E-state index contributed by atoms with van der Waals surface area (Å²) in [4.78, 5) is 0. The van der Waals surface area contributed by atoms with E-state index in [0.717, 1.165) is 35.3 Å². The van der Waals surface area contributed by atoms with Crippen LogP contribution in [0.1, 0.15) is 18.9 Å². The summed E-state index contributed by atoms with van der Waals surface area (Å²) in [6.07, 6.45) is 1.01. The lowest BCUT2D eigenvalue weighted by atomic mass is 10.2. The van der Waals surface area contributed by atoms with Gasteiger partial charge in [0.1, 0.15) is 5.75 Å². The molecule has 0 fully saturated rings. The van der Waals surface area contributed by atoms with E-state index in [-0.39, 0.29) is 6.10 Å². The largest absolute Gasteiger partial charge is 0.490 e. The second kappa shape index (κ2) is 10.2. The Morgan fingerprint density at radius 3 is 2.65 bits per heavy atom. The first-order chi connectivity index (χ1) is 9.67. The van der Waals surface area contributed by atoms with Crippen LogP contribution in [0, 0.1) is 0 Å². The Hall–Kier alpha value is -0.620. The molecule has 0 saturated heterocycles. The van der Waals surface area contributed by atoms with Crippen molar-refractivity contribution in [2.24, 2.45) is 0 Å². The van der Waals surface area contributed by atoms with Gasteiger partial charge in [0.25, 0.3) is 0 Å². The van der Waals surface area contributed by atoms with Crippen molar-refractivity contribution < 1.29 is 14.2 Å². The van der Waals surface area contributed by atoms with E-state index in [1.807, 2.05) is 12.1 Å². The van der Waals surface area contributed by atoms with Gasteiger partial charge in [-0.25, -0.2) is 0 Å². The van der Waals surface area contributed by atoms with Gasteiger partial charge < -0.3 is 19.5 Å². The van der Waals surface area contributed by atoms with E-state index >= 15 is 0 Å². The number of ether oxygens (including phenoxy) is 3. The van der Waals surface area contributed by atoms with Gasteiger partial charge >= 0.3 is 0 Å². The number of benzene rings is 1. The Labute approximate surface area is 129 Å². The Morgan fingerprint density at radius 2 is 1.95 bits per heavy atom. The molecule has 1 aromatic rings. The summed E-state index contributed by atoms with van der Waals surface area (Å²) >= 11 is 3.50. The monoisotopic (exact) mass is 345 g/mol. The number of hydrogen-bond acceptors (Lipinski definition) is 4. The number of nitrogens with one attached hydrogen (secondary N) is 1. The van der Waals surface area contributed by atoms with Gasteiger partial charge in [-0.15, -0.1) is 0 Å². The molecule has 4 nitrogen and oxygen atoms in total. The quantitative estimate of drug-likeness (QED) is 0.661. The molecule has 0 bridgehead atoms. The molecule has 1 rings (SSSR count). The third-order valence-electron chi connectivity index (χ3n) is 2.88. The molecule has 0 radical (unpaired) electrons. The maximum atomic E-state index is 5.99. The number of halogens is 1. The standard InChI is InChI=1S/C15H24BrNO3/c1-12(6-8-18-2)20-15-5-4-14(16)10-13(15)11-17-7-9-19-3/h4-5,10,12,17H,6-9,11H2,1-3H3. The highest BCUT2D eigenvalue weighted by atomic mass is 79.9. The van der Waals surface area contributed by atoms with Crippen molar-refractivity contribution in [3.8, 4) is 5.75 Å². The molecule has 114 valence electrons. The summed E-state index contributed by atoms with van der Waals surface area (Å²) in [5, 5.41) is 3.34. The predicted octanol–water partition coefficient (Wildman–Crippen LogP) is 2.99. The second-order valence-corrected chi connectivity index (χ2v) is 5.55. The first-order valence-electron chi connectivity index (χ1n) is 6.81. The van der Waals surface area contributed by atoms with E-state index < -0.39 is 0 Å². The minimum Gasteiger partial charge on any atom is -0.490 e. The summed E-state index contributed by atoms with van der Waals surface area (Å²) in [6, 6.07) is 6.08. The first kappa shape index (κ1) is 17.4. The maximum absolute atomic E-state index is 5.99. The third kappa shape index (κ3) is 6.70. The van der Waals surface area contributed by atoms with Crippen LogP contribution in [-0.4, -0.2) is 40.1 Å². The van der Waals surface area contributed by atoms with Crippen molar-refractivity contribution >= 4 is 15.9 Å². The molecule has 1 N–H and O–H groups in total. The first-order valence-corrected chi connectivity index (χ1v) is 7.60. The molecule has 1 atom stereocenters. The lowest BCUT2D eigenvalue weighted by Gasteiger charge is -2.18. The van der Waals surface area contributed by atoms with Crippen LogP contribution in [0.15, 0.2) is 22.7 Å². The molecule has 1 aromatic carbocycles. The highest BCUT2D eigenvalue weighted by molar-refractivity contribution is 9.10. The highest BCUT2D eigenvalue weighted by Crippen LogP contribution is 2.24. The molecule has 0 aliphatic carbocycles. The van der Waals surface area contributed by atoms with E-state index in [9.17, 15) is 0 Å². The Balaban J connectivity index is 2.59. The predicted molar refractivity (Wildman–Crippen MR) is 84.3 cm³/mol. The number of methoxy groups -OCH3 is 2. The van der Waals surface area contributed by atoms with E-state index in [0.29, 0.717) is 13.2 Å². The van der Waals surface area contributed by atoms with Gasteiger partial charge in [-0.1, -0.05) is 15.9 Å². The molecular weight excluding hydrogens is 322 g/mol. The van der Waals surface area contributed by atoms with Gasteiger partial charge in [-0.05, 0) is 25.1 Å².